The van der Waals surface area contributed by atoms with Gasteiger partial charge in [0, 0.05) is 25.5 Å². The number of likely N-dealkylation sites (N-methyl/N-ethyl adjacent to an activating group) is 1. The Balaban J connectivity index is 1.66. The maximum Gasteiger partial charge on any atom is 0.234 e. The normalized spacial score (nSPS) is 23.0. The zero-order valence-electron chi connectivity index (χ0n) is 14.4. The number of rotatable bonds is 3. The van der Waals surface area contributed by atoms with Crippen molar-refractivity contribution >= 4 is 17.3 Å². The van der Waals surface area contributed by atoms with E-state index in [0.29, 0.717) is 6.42 Å². The van der Waals surface area contributed by atoms with E-state index in [0.717, 1.165) is 36.3 Å². The largest absolute Gasteiger partial charge is 0.394 e. The van der Waals surface area contributed by atoms with Crippen LogP contribution in [-0.4, -0.2) is 42.2 Å². The molecule has 1 unspecified atom stereocenters. The highest BCUT2D eigenvalue weighted by Crippen LogP contribution is 2.36. The highest BCUT2D eigenvalue weighted by atomic mass is 16.3. The van der Waals surface area contributed by atoms with Gasteiger partial charge in [0.2, 0.25) is 5.91 Å². The van der Waals surface area contributed by atoms with Gasteiger partial charge in [-0.3, -0.25) is 9.78 Å². The zero-order valence-corrected chi connectivity index (χ0v) is 14.4. The molecule has 1 aromatic heterocycles. The lowest BCUT2D eigenvalue weighted by Crippen LogP contribution is -2.37. The number of aromatic nitrogens is 1. The molecule has 2 aliphatic rings. The summed E-state index contributed by atoms with van der Waals surface area (Å²) >= 11 is 0. The van der Waals surface area contributed by atoms with Crippen LogP contribution in [0.5, 0.6) is 0 Å². The maximum atomic E-state index is 12.9. The average Bonchev–Trinajstić information content (AvgIpc) is 3.13. The quantitative estimate of drug-likeness (QED) is 0.934. The summed E-state index contributed by atoms with van der Waals surface area (Å²) in [5, 5.41) is 9.58. The van der Waals surface area contributed by atoms with Gasteiger partial charge in [-0.05, 0) is 42.5 Å². The predicted molar refractivity (Wildman–Crippen MR) is 98.0 cm³/mol. The lowest BCUT2D eigenvalue weighted by atomic mass is 9.87. The summed E-state index contributed by atoms with van der Waals surface area (Å²) in [5.41, 5.74) is 4.14. The van der Waals surface area contributed by atoms with Gasteiger partial charge >= 0.3 is 0 Å². The second-order valence-corrected chi connectivity index (χ2v) is 6.93. The lowest BCUT2D eigenvalue weighted by molar-refractivity contribution is -0.120. The standard InChI is InChI=1S/C20H23N3O2/c1-22-19-7-3-2-5-14(19)10-18(20(22)25)15-9-17(12-21-11-15)23-8-4-6-16(23)13-24/h2-3,5,7,9,11-12,16,18,24H,4,6,8,10,13H2,1H3/t16-,18?/m0/s1. The Hall–Kier alpha value is -2.40. The highest BCUT2D eigenvalue weighted by Gasteiger charge is 2.32. The van der Waals surface area contributed by atoms with Crippen LogP contribution in [0.1, 0.15) is 29.9 Å². The van der Waals surface area contributed by atoms with Gasteiger partial charge in [0.15, 0.2) is 0 Å². The van der Waals surface area contributed by atoms with E-state index in [-0.39, 0.29) is 24.5 Å². The third-order valence-electron chi connectivity index (χ3n) is 5.47. The number of carbonyl (C=O) groups excluding carboxylic acids is 1. The van der Waals surface area contributed by atoms with E-state index in [1.165, 1.54) is 5.56 Å². The van der Waals surface area contributed by atoms with Crippen LogP contribution < -0.4 is 9.80 Å². The second kappa shape index (κ2) is 6.48. The molecule has 1 amide bonds. The van der Waals surface area contributed by atoms with Gasteiger partial charge in [0.25, 0.3) is 0 Å². The smallest absolute Gasteiger partial charge is 0.234 e. The van der Waals surface area contributed by atoms with Crippen LogP contribution in [0.15, 0.2) is 42.7 Å². The average molecular weight is 337 g/mol. The van der Waals surface area contributed by atoms with Gasteiger partial charge in [-0.25, -0.2) is 0 Å². The molecule has 4 rings (SSSR count). The maximum absolute atomic E-state index is 12.9. The summed E-state index contributed by atoms with van der Waals surface area (Å²) in [7, 11) is 1.84. The molecule has 0 bridgehead atoms. The number of carbonyl (C=O) groups is 1. The summed E-state index contributed by atoms with van der Waals surface area (Å²) in [5.74, 6) is -0.0969. The molecule has 0 aliphatic carbocycles. The number of nitrogens with zero attached hydrogens (tertiary/aromatic N) is 3. The number of amides is 1. The first-order valence-corrected chi connectivity index (χ1v) is 8.87. The van der Waals surface area contributed by atoms with Crippen molar-refractivity contribution in [3.63, 3.8) is 0 Å². The molecule has 2 aromatic rings. The Kier molecular flexibility index (Phi) is 4.17. The van der Waals surface area contributed by atoms with Crippen molar-refractivity contribution in [2.24, 2.45) is 0 Å². The van der Waals surface area contributed by atoms with Crippen LogP contribution >= 0.6 is 0 Å². The molecule has 0 radical (unpaired) electrons. The molecule has 25 heavy (non-hydrogen) atoms. The predicted octanol–water partition coefficient (Wildman–Crippen LogP) is 2.35. The van der Waals surface area contributed by atoms with Crippen LogP contribution in [0.2, 0.25) is 0 Å². The Morgan fingerprint density at radius 2 is 2.12 bits per heavy atom. The van der Waals surface area contributed by atoms with E-state index < -0.39 is 0 Å². The molecule has 0 spiro atoms. The molecule has 1 fully saturated rings. The van der Waals surface area contributed by atoms with Crippen LogP contribution in [0.25, 0.3) is 0 Å². The van der Waals surface area contributed by atoms with Gasteiger partial charge < -0.3 is 14.9 Å². The Morgan fingerprint density at radius 3 is 2.96 bits per heavy atom. The molecule has 0 saturated carbocycles. The molecule has 2 aliphatic heterocycles. The van der Waals surface area contributed by atoms with Gasteiger partial charge in [0.05, 0.1) is 30.5 Å². The van der Waals surface area contributed by atoms with Gasteiger partial charge in [-0.1, -0.05) is 18.2 Å². The summed E-state index contributed by atoms with van der Waals surface area (Å²) in [6.45, 7) is 1.08. The number of fused-ring (bicyclic) bond motifs is 1. The van der Waals surface area contributed by atoms with E-state index in [1.54, 1.807) is 11.1 Å². The van der Waals surface area contributed by atoms with E-state index >= 15 is 0 Å². The minimum absolute atomic E-state index is 0.109. The summed E-state index contributed by atoms with van der Waals surface area (Å²) in [6, 6.07) is 10.3. The molecule has 3 heterocycles. The Labute approximate surface area is 147 Å². The van der Waals surface area contributed by atoms with Crippen molar-refractivity contribution in [3.8, 4) is 0 Å². The molecule has 1 aromatic carbocycles. The number of aliphatic hydroxyl groups is 1. The molecular formula is C20H23N3O2. The van der Waals surface area contributed by atoms with Gasteiger partial charge in [-0.15, -0.1) is 0 Å². The molecule has 5 nitrogen and oxygen atoms in total. The van der Waals surface area contributed by atoms with Gasteiger partial charge in [0.1, 0.15) is 0 Å². The fourth-order valence-electron chi connectivity index (χ4n) is 4.09. The topological polar surface area (TPSA) is 56.7 Å². The Bertz CT molecular complexity index is 792. The number of pyridine rings is 1. The van der Waals surface area contributed by atoms with Gasteiger partial charge in [-0.2, -0.15) is 0 Å². The number of hydrogen-bond donors (Lipinski definition) is 1. The van der Waals surface area contributed by atoms with Crippen molar-refractivity contribution in [2.75, 3.05) is 30.0 Å². The monoisotopic (exact) mass is 337 g/mol. The molecule has 5 heteroatoms. The van der Waals surface area contributed by atoms with E-state index in [4.69, 9.17) is 0 Å². The fourth-order valence-corrected chi connectivity index (χ4v) is 4.09. The first-order valence-electron chi connectivity index (χ1n) is 8.87. The summed E-state index contributed by atoms with van der Waals surface area (Å²) in [6.07, 6.45) is 6.42. The number of benzene rings is 1. The molecule has 2 atom stereocenters. The second-order valence-electron chi connectivity index (χ2n) is 6.93. The highest BCUT2D eigenvalue weighted by molar-refractivity contribution is 6.00. The number of anilines is 2. The first kappa shape index (κ1) is 16.1. The zero-order chi connectivity index (χ0) is 17.4. The number of aliphatic hydroxyl groups excluding tert-OH is 1. The number of hydrogen-bond acceptors (Lipinski definition) is 4. The number of para-hydroxylation sites is 1. The first-order chi connectivity index (χ1) is 12.2. The SMILES string of the molecule is CN1C(=O)C(c2cncc(N3CCC[C@H]3CO)c2)Cc2ccccc21. The molecule has 1 N–H and O–H groups in total. The minimum Gasteiger partial charge on any atom is -0.394 e. The third-order valence-corrected chi connectivity index (χ3v) is 5.47. The third kappa shape index (κ3) is 2.78. The van der Waals surface area contributed by atoms with Crippen LogP contribution in [-0.2, 0) is 11.2 Å². The fraction of sp³-hybridized carbons (Fsp3) is 0.400. The van der Waals surface area contributed by atoms with E-state index in [1.807, 2.05) is 31.4 Å². The minimum atomic E-state index is -0.206. The van der Waals surface area contributed by atoms with E-state index in [2.05, 4.69) is 22.0 Å². The van der Waals surface area contributed by atoms with Crippen molar-refractivity contribution in [1.82, 2.24) is 4.98 Å². The molecular weight excluding hydrogens is 314 g/mol. The van der Waals surface area contributed by atoms with E-state index in [9.17, 15) is 9.90 Å². The van der Waals surface area contributed by atoms with Crippen molar-refractivity contribution < 1.29 is 9.90 Å². The van der Waals surface area contributed by atoms with Crippen LogP contribution in [0.3, 0.4) is 0 Å². The summed E-state index contributed by atoms with van der Waals surface area (Å²) in [4.78, 5) is 21.2. The van der Waals surface area contributed by atoms with Crippen LogP contribution in [0.4, 0.5) is 11.4 Å². The van der Waals surface area contributed by atoms with Crippen molar-refractivity contribution in [2.45, 2.75) is 31.2 Å². The van der Waals surface area contributed by atoms with Crippen molar-refractivity contribution in [3.05, 3.63) is 53.9 Å². The van der Waals surface area contributed by atoms with Crippen LogP contribution in [0, 0.1) is 0 Å². The lowest BCUT2D eigenvalue weighted by Gasteiger charge is -2.32. The van der Waals surface area contributed by atoms with Crippen molar-refractivity contribution in [1.29, 1.82) is 0 Å². The molecule has 1 saturated heterocycles. The Morgan fingerprint density at radius 1 is 1.28 bits per heavy atom. The summed E-state index contributed by atoms with van der Waals surface area (Å²) < 4.78 is 0. The molecule has 130 valence electrons.